The van der Waals surface area contributed by atoms with Crippen molar-refractivity contribution < 1.29 is 19.1 Å². The molecule has 0 saturated carbocycles. The number of thiol groups is 1. The Kier molecular flexibility index (Phi) is 8.23. The van der Waals surface area contributed by atoms with Gasteiger partial charge in [-0.15, -0.1) is 12.6 Å². The number of ether oxygens (including phenoxy) is 2. The van der Waals surface area contributed by atoms with Crippen molar-refractivity contribution in [1.82, 2.24) is 10.2 Å². The van der Waals surface area contributed by atoms with E-state index in [1.54, 1.807) is 19.2 Å². The van der Waals surface area contributed by atoms with Crippen LogP contribution >= 0.6 is 12.6 Å². The van der Waals surface area contributed by atoms with Crippen molar-refractivity contribution in [2.75, 3.05) is 26.8 Å². The zero-order valence-electron chi connectivity index (χ0n) is 18.1. The fourth-order valence-electron chi connectivity index (χ4n) is 3.75. The van der Waals surface area contributed by atoms with Gasteiger partial charge in [0.2, 0.25) is 5.91 Å². The van der Waals surface area contributed by atoms with Gasteiger partial charge in [0, 0.05) is 30.4 Å². The van der Waals surface area contributed by atoms with Crippen molar-refractivity contribution in [3.63, 3.8) is 0 Å². The SMILES string of the molecule is CCOc1ccc(CCC(=O)N2CCC(NC(=O)c3ccccc3S)CC2)cc1OC. The molecular weight excluding hydrogens is 412 g/mol. The zero-order valence-corrected chi connectivity index (χ0v) is 19.0. The summed E-state index contributed by atoms with van der Waals surface area (Å²) < 4.78 is 10.9. The van der Waals surface area contributed by atoms with Crippen LogP contribution in [0.4, 0.5) is 0 Å². The molecule has 31 heavy (non-hydrogen) atoms. The minimum Gasteiger partial charge on any atom is -0.493 e. The summed E-state index contributed by atoms with van der Waals surface area (Å²) in [5, 5.41) is 3.07. The highest BCUT2D eigenvalue weighted by Gasteiger charge is 2.24. The number of piperidine rings is 1. The average Bonchev–Trinajstić information content (AvgIpc) is 2.79. The number of hydrogen-bond donors (Lipinski definition) is 2. The van der Waals surface area contributed by atoms with Crippen LogP contribution in [-0.2, 0) is 11.2 Å². The first-order chi connectivity index (χ1) is 15.0. The van der Waals surface area contributed by atoms with Crippen molar-refractivity contribution >= 4 is 24.4 Å². The number of carbonyl (C=O) groups is 2. The summed E-state index contributed by atoms with van der Waals surface area (Å²) >= 11 is 4.35. The summed E-state index contributed by atoms with van der Waals surface area (Å²) in [4.78, 5) is 27.7. The molecule has 1 aliphatic rings. The van der Waals surface area contributed by atoms with Gasteiger partial charge in [-0.3, -0.25) is 9.59 Å². The van der Waals surface area contributed by atoms with Crippen LogP contribution in [0, 0.1) is 0 Å². The zero-order chi connectivity index (χ0) is 22.2. The Hall–Kier alpha value is -2.67. The van der Waals surface area contributed by atoms with Crippen molar-refractivity contribution in [3.05, 3.63) is 53.6 Å². The van der Waals surface area contributed by atoms with E-state index in [4.69, 9.17) is 9.47 Å². The van der Waals surface area contributed by atoms with Gasteiger partial charge in [-0.1, -0.05) is 18.2 Å². The molecule has 1 N–H and O–H groups in total. The Morgan fingerprint density at radius 3 is 2.55 bits per heavy atom. The molecule has 2 aromatic carbocycles. The van der Waals surface area contributed by atoms with Gasteiger partial charge >= 0.3 is 0 Å². The molecule has 0 aliphatic carbocycles. The second-order valence-electron chi connectivity index (χ2n) is 7.56. The molecule has 2 aromatic rings. The fraction of sp³-hybridized carbons (Fsp3) is 0.417. The van der Waals surface area contributed by atoms with Crippen LogP contribution in [0.15, 0.2) is 47.4 Å². The number of benzene rings is 2. The molecule has 0 aromatic heterocycles. The van der Waals surface area contributed by atoms with E-state index in [9.17, 15) is 9.59 Å². The number of methoxy groups -OCH3 is 1. The third-order valence-corrected chi connectivity index (χ3v) is 5.88. The number of aryl methyl sites for hydroxylation is 1. The van der Waals surface area contributed by atoms with Crippen molar-refractivity contribution in [2.24, 2.45) is 0 Å². The van der Waals surface area contributed by atoms with Crippen molar-refractivity contribution in [3.8, 4) is 11.5 Å². The highest BCUT2D eigenvalue weighted by molar-refractivity contribution is 7.80. The van der Waals surface area contributed by atoms with E-state index in [1.165, 1.54) is 0 Å². The lowest BCUT2D eigenvalue weighted by Crippen LogP contribution is -2.46. The fourth-order valence-corrected chi connectivity index (χ4v) is 4.02. The number of amides is 2. The molecule has 6 nitrogen and oxygen atoms in total. The lowest BCUT2D eigenvalue weighted by atomic mass is 10.0. The Balaban J connectivity index is 1.46. The van der Waals surface area contributed by atoms with E-state index in [0.717, 1.165) is 18.4 Å². The Bertz CT molecular complexity index is 910. The largest absolute Gasteiger partial charge is 0.493 e. The Labute approximate surface area is 189 Å². The molecule has 2 amide bonds. The summed E-state index contributed by atoms with van der Waals surface area (Å²) in [6.45, 7) is 3.81. The Morgan fingerprint density at radius 2 is 1.87 bits per heavy atom. The maximum Gasteiger partial charge on any atom is 0.252 e. The normalized spacial score (nSPS) is 14.2. The first kappa shape index (κ1) is 23.0. The predicted octanol–water partition coefficient (Wildman–Crippen LogP) is 3.74. The van der Waals surface area contributed by atoms with E-state index >= 15 is 0 Å². The molecule has 166 valence electrons. The maximum absolute atomic E-state index is 12.7. The van der Waals surface area contributed by atoms with Crippen LogP contribution in [0.2, 0.25) is 0 Å². The van der Waals surface area contributed by atoms with Crippen molar-refractivity contribution in [1.29, 1.82) is 0 Å². The first-order valence-electron chi connectivity index (χ1n) is 10.7. The number of nitrogens with zero attached hydrogens (tertiary/aromatic N) is 1. The lowest BCUT2D eigenvalue weighted by Gasteiger charge is -2.32. The molecule has 1 aliphatic heterocycles. The predicted molar refractivity (Wildman–Crippen MR) is 123 cm³/mol. The van der Waals surface area contributed by atoms with Gasteiger partial charge in [0.15, 0.2) is 11.5 Å². The van der Waals surface area contributed by atoms with Gasteiger partial charge in [0.25, 0.3) is 5.91 Å². The number of nitrogens with one attached hydrogen (secondary N) is 1. The summed E-state index contributed by atoms with van der Waals surface area (Å²) in [6, 6.07) is 13.1. The molecule has 7 heteroatoms. The standard InChI is InChI=1S/C24H30N2O4S/c1-3-30-20-10-8-17(16-21(20)29-2)9-11-23(27)26-14-12-18(13-15-26)25-24(28)19-6-4-5-7-22(19)31/h4-8,10,16,18,31H,3,9,11-15H2,1-2H3,(H,25,28). The molecule has 1 saturated heterocycles. The van der Waals surface area contributed by atoms with E-state index in [1.807, 2.05) is 42.2 Å². The summed E-state index contributed by atoms with van der Waals surface area (Å²) in [7, 11) is 1.62. The van der Waals surface area contributed by atoms with E-state index in [0.29, 0.717) is 54.5 Å². The highest BCUT2D eigenvalue weighted by Crippen LogP contribution is 2.28. The number of hydrogen-bond acceptors (Lipinski definition) is 5. The van der Waals surface area contributed by atoms with Gasteiger partial charge < -0.3 is 19.7 Å². The van der Waals surface area contributed by atoms with Crippen LogP contribution in [0.25, 0.3) is 0 Å². The molecule has 0 unspecified atom stereocenters. The first-order valence-corrected chi connectivity index (χ1v) is 11.1. The second-order valence-corrected chi connectivity index (χ2v) is 8.05. The van der Waals surface area contributed by atoms with Crippen LogP contribution in [0.1, 0.15) is 42.1 Å². The molecule has 0 spiro atoms. The Morgan fingerprint density at radius 1 is 1.13 bits per heavy atom. The second kappa shape index (κ2) is 11.1. The third-order valence-electron chi connectivity index (χ3n) is 5.49. The molecule has 0 bridgehead atoms. The van der Waals surface area contributed by atoms with Crippen LogP contribution < -0.4 is 14.8 Å². The molecule has 3 rings (SSSR count). The van der Waals surface area contributed by atoms with Crippen LogP contribution in [0.5, 0.6) is 11.5 Å². The van der Waals surface area contributed by atoms with Gasteiger partial charge in [-0.05, 0) is 56.0 Å². The molecule has 1 heterocycles. The molecule has 0 atom stereocenters. The van der Waals surface area contributed by atoms with Crippen LogP contribution in [0.3, 0.4) is 0 Å². The van der Waals surface area contributed by atoms with Crippen LogP contribution in [-0.4, -0.2) is 49.6 Å². The van der Waals surface area contributed by atoms with Gasteiger partial charge in [0.1, 0.15) is 0 Å². The third kappa shape index (κ3) is 6.17. The number of rotatable bonds is 8. The van der Waals surface area contributed by atoms with E-state index < -0.39 is 0 Å². The minimum atomic E-state index is -0.111. The maximum atomic E-state index is 12.7. The van der Waals surface area contributed by atoms with E-state index in [-0.39, 0.29) is 17.9 Å². The van der Waals surface area contributed by atoms with Gasteiger partial charge in [-0.25, -0.2) is 0 Å². The molecule has 1 fully saturated rings. The smallest absolute Gasteiger partial charge is 0.252 e. The summed E-state index contributed by atoms with van der Waals surface area (Å²) in [5.74, 6) is 1.43. The highest BCUT2D eigenvalue weighted by atomic mass is 32.1. The molecular formula is C24H30N2O4S. The van der Waals surface area contributed by atoms with Gasteiger partial charge in [0.05, 0.1) is 19.3 Å². The molecule has 0 radical (unpaired) electrons. The number of likely N-dealkylation sites (tertiary alicyclic amines) is 1. The van der Waals surface area contributed by atoms with Gasteiger partial charge in [-0.2, -0.15) is 0 Å². The van der Waals surface area contributed by atoms with E-state index in [2.05, 4.69) is 17.9 Å². The topological polar surface area (TPSA) is 67.9 Å². The summed E-state index contributed by atoms with van der Waals surface area (Å²) in [6.07, 6.45) is 2.60. The number of carbonyl (C=O) groups excluding carboxylic acids is 2. The monoisotopic (exact) mass is 442 g/mol. The minimum absolute atomic E-state index is 0.0693. The lowest BCUT2D eigenvalue weighted by molar-refractivity contribution is -0.132. The quantitative estimate of drug-likeness (QED) is 0.611. The van der Waals surface area contributed by atoms with Crippen molar-refractivity contribution in [2.45, 2.75) is 43.5 Å². The average molecular weight is 443 g/mol. The summed E-state index contributed by atoms with van der Waals surface area (Å²) in [5.41, 5.74) is 1.62.